The average molecular weight is 343 g/mol. The van der Waals surface area contributed by atoms with Gasteiger partial charge in [-0.05, 0) is 48.1 Å². The molecule has 0 aliphatic rings. The van der Waals surface area contributed by atoms with Crippen LogP contribution in [0.4, 0.5) is 0 Å². The van der Waals surface area contributed by atoms with E-state index < -0.39 is 0 Å². The molecular formula is C19H21ClN3O. The van der Waals surface area contributed by atoms with Crippen LogP contribution in [0.5, 0.6) is 5.75 Å². The Balaban J connectivity index is 2.22. The number of aromatic hydroxyl groups is 1. The Kier molecular flexibility index (Phi) is 4.26. The molecule has 3 rings (SSSR count). The van der Waals surface area contributed by atoms with Gasteiger partial charge in [0.2, 0.25) is 0 Å². The highest BCUT2D eigenvalue weighted by Gasteiger charge is 2.23. The van der Waals surface area contributed by atoms with Crippen molar-refractivity contribution < 1.29 is 5.11 Å². The lowest BCUT2D eigenvalue weighted by Crippen LogP contribution is -2.14. The molecule has 0 unspecified atom stereocenters. The fraction of sp³-hybridized carbons (Fsp3) is 0.316. The van der Waals surface area contributed by atoms with E-state index in [1.54, 1.807) is 12.1 Å². The first-order chi connectivity index (χ1) is 11.3. The first-order valence-electron chi connectivity index (χ1n) is 7.98. The van der Waals surface area contributed by atoms with Gasteiger partial charge in [0.05, 0.1) is 0 Å². The second-order valence-corrected chi connectivity index (χ2v) is 7.42. The molecule has 1 N–H and O–H groups in total. The van der Waals surface area contributed by atoms with Gasteiger partial charge in [-0.3, -0.25) is 0 Å². The number of fused-ring (bicyclic) bond motifs is 1. The monoisotopic (exact) mass is 342 g/mol. The second kappa shape index (κ2) is 6.10. The van der Waals surface area contributed by atoms with Gasteiger partial charge in [-0.1, -0.05) is 45.4 Å². The van der Waals surface area contributed by atoms with Crippen molar-refractivity contribution in [2.45, 2.75) is 39.0 Å². The summed E-state index contributed by atoms with van der Waals surface area (Å²) in [5, 5.41) is 20.4. The number of hydrogen-bond acceptors (Lipinski definition) is 3. The minimum absolute atomic E-state index is 0.189. The van der Waals surface area contributed by atoms with Crippen LogP contribution in [0.2, 0.25) is 5.02 Å². The zero-order chi connectivity index (χ0) is 17.5. The first-order valence-corrected chi connectivity index (χ1v) is 8.36. The number of aryl methyl sites for hydroxylation is 1. The van der Waals surface area contributed by atoms with Crippen molar-refractivity contribution in [2.75, 3.05) is 0 Å². The third-order valence-corrected chi connectivity index (χ3v) is 4.22. The third-order valence-electron chi connectivity index (χ3n) is 3.98. The lowest BCUT2D eigenvalue weighted by molar-refractivity contribution is 0.440. The molecule has 2 aromatic carbocycles. The van der Waals surface area contributed by atoms with Crippen LogP contribution in [0, 0.1) is 6.92 Å². The Hall–Kier alpha value is -2.07. The molecule has 0 saturated carbocycles. The number of benzene rings is 2. The smallest absolute Gasteiger partial charge is 0.146 e. The first kappa shape index (κ1) is 16.8. The van der Waals surface area contributed by atoms with Crippen molar-refractivity contribution in [3.63, 3.8) is 0 Å². The Labute approximate surface area is 147 Å². The molecule has 1 radical (unpaired) electrons. The SMILES string of the molecule is [CH2]CCc1cc(-n2nc3ccc(Cl)cc3n2)c(O)c(C(C)(C)C)c1. The Bertz CT molecular complexity index is 893. The molecule has 0 amide bonds. The third kappa shape index (κ3) is 3.11. The molecule has 1 aromatic heterocycles. The van der Waals surface area contributed by atoms with E-state index in [4.69, 9.17) is 11.6 Å². The topological polar surface area (TPSA) is 50.9 Å². The molecule has 0 saturated heterocycles. The van der Waals surface area contributed by atoms with Gasteiger partial charge in [-0.25, -0.2) is 0 Å². The van der Waals surface area contributed by atoms with Crippen LogP contribution in [0.1, 0.15) is 38.3 Å². The summed E-state index contributed by atoms with van der Waals surface area (Å²) in [6.45, 7) is 10.2. The molecule has 0 bridgehead atoms. The molecule has 0 atom stereocenters. The molecular weight excluding hydrogens is 322 g/mol. The van der Waals surface area contributed by atoms with Gasteiger partial charge in [0, 0.05) is 10.6 Å². The standard InChI is InChI=1S/C19H21ClN3O/c1-5-6-12-9-14(19(2,3)4)18(24)17(10-12)23-21-15-8-7-13(20)11-16(15)22-23/h7-11,24H,1,5-6H2,2-4H3. The maximum absolute atomic E-state index is 10.8. The molecule has 0 fully saturated rings. The minimum atomic E-state index is -0.189. The Morgan fingerprint density at radius 2 is 1.83 bits per heavy atom. The van der Waals surface area contributed by atoms with Gasteiger partial charge >= 0.3 is 0 Å². The quantitative estimate of drug-likeness (QED) is 0.740. The van der Waals surface area contributed by atoms with Crippen molar-refractivity contribution in [3.05, 3.63) is 53.4 Å². The molecule has 125 valence electrons. The summed E-state index contributed by atoms with van der Waals surface area (Å²) >= 11 is 6.02. The summed E-state index contributed by atoms with van der Waals surface area (Å²) in [5.74, 6) is 0.210. The predicted octanol–water partition coefficient (Wildman–Crippen LogP) is 4.84. The van der Waals surface area contributed by atoms with Crippen molar-refractivity contribution in [2.24, 2.45) is 0 Å². The lowest BCUT2D eigenvalue weighted by Gasteiger charge is -2.23. The van der Waals surface area contributed by atoms with E-state index in [1.165, 1.54) is 4.80 Å². The fourth-order valence-electron chi connectivity index (χ4n) is 2.75. The molecule has 24 heavy (non-hydrogen) atoms. The summed E-state index contributed by atoms with van der Waals surface area (Å²) in [4.78, 5) is 1.48. The number of hydrogen-bond donors (Lipinski definition) is 1. The summed E-state index contributed by atoms with van der Waals surface area (Å²) in [5.41, 5.74) is 3.81. The summed E-state index contributed by atoms with van der Waals surface area (Å²) in [7, 11) is 0. The van der Waals surface area contributed by atoms with E-state index in [0.29, 0.717) is 16.2 Å². The highest BCUT2D eigenvalue weighted by atomic mass is 35.5. The predicted molar refractivity (Wildman–Crippen MR) is 97.9 cm³/mol. The minimum Gasteiger partial charge on any atom is -0.505 e. The van der Waals surface area contributed by atoms with Crippen LogP contribution in [0.25, 0.3) is 16.7 Å². The zero-order valence-corrected chi connectivity index (χ0v) is 14.9. The van der Waals surface area contributed by atoms with E-state index in [9.17, 15) is 5.11 Å². The second-order valence-electron chi connectivity index (χ2n) is 6.99. The van der Waals surface area contributed by atoms with Gasteiger partial charge in [0.25, 0.3) is 0 Å². The van der Waals surface area contributed by atoms with Crippen molar-refractivity contribution in [1.82, 2.24) is 15.0 Å². The number of phenols is 1. The summed E-state index contributed by atoms with van der Waals surface area (Å²) in [6, 6.07) is 9.34. The Morgan fingerprint density at radius 1 is 1.12 bits per heavy atom. The molecule has 0 spiro atoms. The average Bonchev–Trinajstić information content (AvgIpc) is 2.90. The number of nitrogens with zero attached hydrogens (tertiary/aromatic N) is 3. The van der Waals surface area contributed by atoms with E-state index in [2.05, 4.69) is 37.9 Å². The number of phenolic OH excluding ortho intramolecular Hbond substituents is 1. The van der Waals surface area contributed by atoms with Gasteiger partial charge in [-0.2, -0.15) is 0 Å². The van der Waals surface area contributed by atoms with E-state index >= 15 is 0 Å². The Morgan fingerprint density at radius 3 is 2.50 bits per heavy atom. The molecule has 0 aliphatic heterocycles. The molecule has 1 heterocycles. The maximum atomic E-state index is 10.8. The fourth-order valence-corrected chi connectivity index (χ4v) is 2.91. The van der Waals surface area contributed by atoms with Gasteiger partial charge in [0.15, 0.2) is 0 Å². The van der Waals surface area contributed by atoms with E-state index in [1.807, 2.05) is 18.2 Å². The van der Waals surface area contributed by atoms with Crippen molar-refractivity contribution in [1.29, 1.82) is 0 Å². The van der Waals surface area contributed by atoms with Gasteiger partial charge in [-0.15, -0.1) is 15.0 Å². The number of rotatable bonds is 3. The largest absolute Gasteiger partial charge is 0.505 e. The highest BCUT2D eigenvalue weighted by molar-refractivity contribution is 6.31. The van der Waals surface area contributed by atoms with Crippen LogP contribution < -0.4 is 0 Å². The van der Waals surface area contributed by atoms with Crippen molar-refractivity contribution >= 4 is 22.6 Å². The number of halogens is 1. The molecule has 3 aromatic rings. The van der Waals surface area contributed by atoms with Crippen LogP contribution in [0.3, 0.4) is 0 Å². The number of aromatic nitrogens is 3. The molecule has 0 aliphatic carbocycles. The maximum Gasteiger partial charge on any atom is 0.146 e. The van der Waals surface area contributed by atoms with Crippen LogP contribution in [-0.2, 0) is 11.8 Å². The normalized spacial score (nSPS) is 12.0. The molecule has 5 heteroatoms. The van der Waals surface area contributed by atoms with E-state index in [-0.39, 0.29) is 11.2 Å². The lowest BCUT2D eigenvalue weighted by atomic mass is 9.84. The molecule has 4 nitrogen and oxygen atoms in total. The van der Waals surface area contributed by atoms with Crippen LogP contribution in [-0.4, -0.2) is 20.1 Å². The highest BCUT2D eigenvalue weighted by Crippen LogP contribution is 2.36. The zero-order valence-electron chi connectivity index (χ0n) is 14.2. The van der Waals surface area contributed by atoms with Crippen molar-refractivity contribution in [3.8, 4) is 11.4 Å². The summed E-state index contributed by atoms with van der Waals surface area (Å²) < 4.78 is 0. The summed E-state index contributed by atoms with van der Waals surface area (Å²) in [6.07, 6.45) is 1.63. The van der Waals surface area contributed by atoms with Crippen LogP contribution in [0.15, 0.2) is 30.3 Å². The van der Waals surface area contributed by atoms with Crippen LogP contribution >= 0.6 is 11.6 Å². The van der Waals surface area contributed by atoms with Gasteiger partial charge in [0.1, 0.15) is 22.5 Å². The van der Waals surface area contributed by atoms with Gasteiger partial charge < -0.3 is 5.11 Å². The van der Waals surface area contributed by atoms with E-state index in [0.717, 1.165) is 29.5 Å².